The van der Waals surface area contributed by atoms with Crippen LogP contribution >= 0.6 is 0 Å². The fourth-order valence-electron chi connectivity index (χ4n) is 3.55. The number of phenols is 1. The molecule has 1 saturated heterocycles. The van der Waals surface area contributed by atoms with Gasteiger partial charge in [-0.3, -0.25) is 19.2 Å². The molecule has 0 spiro atoms. The van der Waals surface area contributed by atoms with Gasteiger partial charge in [0.2, 0.25) is 23.6 Å². The number of nitrogens with zero attached hydrogens (tertiary/aromatic N) is 1. The van der Waals surface area contributed by atoms with Crippen molar-refractivity contribution in [3.05, 3.63) is 29.8 Å². The first-order valence-electron chi connectivity index (χ1n) is 10.5. The van der Waals surface area contributed by atoms with E-state index >= 15 is 0 Å². The molecule has 7 N–H and O–H groups in total. The summed E-state index contributed by atoms with van der Waals surface area (Å²) in [4.78, 5) is 50.6. The van der Waals surface area contributed by atoms with Gasteiger partial charge in [-0.15, -0.1) is 0 Å². The molecule has 2 atom stereocenters. The van der Waals surface area contributed by atoms with Crippen molar-refractivity contribution in [2.24, 2.45) is 11.5 Å². The molecule has 1 aliphatic rings. The smallest absolute Gasteiger partial charge is 0.243 e. The molecule has 4 amide bonds. The van der Waals surface area contributed by atoms with Crippen LogP contribution in [-0.4, -0.2) is 65.4 Å². The molecule has 0 saturated carbocycles. The third-order valence-corrected chi connectivity index (χ3v) is 5.18. The number of nitrogens with two attached hydrogens (primary N) is 2. The van der Waals surface area contributed by atoms with Gasteiger partial charge in [-0.1, -0.05) is 12.1 Å². The number of carbonyl (C=O) groups excluding carboxylic acids is 4. The highest BCUT2D eigenvalue weighted by molar-refractivity contribution is 5.93. The molecule has 2 rings (SSSR count). The van der Waals surface area contributed by atoms with E-state index in [0.717, 1.165) is 5.56 Å². The molecule has 1 aromatic rings. The monoisotopic (exact) mass is 433 g/mol. The molecule has 1 heterocycles. The predicted molar refractivity (Wildman–Crippen MR) is 114 cm³/mol. The van der Waals surface area contributed by atoms with Crippen LogP contribution in [0, 0.1) is 0 Å². The highest BCUT2D eigenvalue weighted by atomic mass is 16.3. The molecule has 0 aliphatic carbocycles. The standard InChI is InChI=1S/C21H31N5O5/c22-10-2-1-4-16(20(30)24-13-18(23)28)25-21(31)17-5-3-11-26(17)19(29)12-14-6-8-15(27)9-7-14/h6-9,16-17,27H,1-5,10-13,22H2,(H2,23,28)(H,24,30)(H,25,31)/t16-,17-/m0/s1. The second-order valence-corrected chi connectivity index (χ2v) is 7.62. The lowest BCUT2D eigenvalue weighted by Gasteiger charge is -2.26. The number of unbranched alkanes of at least 4 members (excludes halogenated alkanes) is 1. The van der Waals surface area contributed by atoms with Crippen molar-refractivity contribution in [1.82, 2.24) is 15.5 Å². The van der Waals surface area contributed by atoms with Gasteiger partial charge in [-0.05, 0) is 56.3 Å². The Balaban J connectivity index is 2.00. The third-order valence-electron chi connectivity index (χ3n) is 5.18. The Hall–Kier alpha value is -3.14. The summed E-state index contributed by atoms with van der Waals surface area (Å²) in [6, 6.07) is 4.84. The molecule has 170 valence electrons. The fourth-order valence-corrected chi connectivity index (χ4v) is 3.55. The zero-order chi connectivity index (χ0) is 22.8. The molecule has 31 heavy (non-hydrogen) atoms. The second-order valence-electron chi connectivity index (χ2n) is 7.62. The Morgan fingerprint density at radius 2 is 1.87 bits per heavy atom. The molecule has 0 aromatic heterocycles. The summed E-state index contributed by atoms with van der Waals surface area (Å²) in [7, 11) is 0. The molecule has 1 fully saturated rings. The number of hydrogen-bond acceptors (Lipinski definition) is 6. The molecule has 0 radical (unpaired) electrons. The van der Waals surface area contributed by atoms with Gasteiger partial charge >= 0.3 is 0 Å². The maximum Gasteiger partial charge on any atom is 0.243 e. The number of primary amides is 1. The van der Waals surface area contributed by atoms with Crippen molar-refractivity contribution >= 4 is 23.6 Å². The topological polar surface area (TPSA) is 168 Å². The van der Waals surface area contributed by atoms with E-state index in [1.807, 2.05) is 0 Å². The summed E-state index contributed by atoms with van der Waals surface area (Å²) in [6.07, 6.45) is 2.98. The first-order chi connectivity index (χ1) is 14.8. The van der Waals surface area contributed by atoms with Crippen LogP contribution in [0.1, 0.15) is 37.7 Å². The number of rotatable bonds is 11. The normalized spacial score (nSPS) is 16.5. The maximum atomic E-state index is 12.9. The molecule has 10 heteroatoms. The third kappa shape index (κ3) is 7.56. The van der Waals surface area contributed by atoms with Gasteiger partial charge in [0, 0.05) is 6.54 Å². The SMILES string of the molecule is NCCCC[C@H](NC(=O)[C@@H]1CCCN1C(=O)Cc1ccc(O)cc1)C(=O)NCC(N)=O. The molecule has 1 aromatic carbocycles. The molecular formula is C21H31N5O5. The number of nitrogens with one attached hydrogen (secondary N) is 2. The molecular weight excluding hydrogens is 402 g/mol. The van der Waals surface area contributed by atoms with E-state index in [1.165, 1.54) is 17.0 Å². The minimum atomic E-state index is -0.840. The Morgan fingerprint density at radius 1 is 1.16 bits per heavy atom. The predicted octanol–water partition coefficient (Wildman–Crippen LogP) is -0.859. The van der Waals surface area contributed by atoms with Crippen LogP contribution in [0.4, 0.5) is 0 Å². The van der Waals surface area contributed by atoms with Crippen molar-refractivity contribution in [1.29, 1.82) is 0 Å². The van der Waals surface area contributed by atoms with E-state index < -0.39 is 29.8 Å². The van der Waals surface area contributed by atoms with Crippen molar-refractivity contribution in [2.75, 3.05) is 19.6 Å². The quantitative estimate of drug-likeness (QED) is 0.285. The van der Waals surface area contributed by atoms with Crippen LogP contribution in [0.5, 0.6) is 5.75 Å². The number of amides is 4. The van der Waals surface area contributed by atoms with Crippen LogP contribution in [0.15, 0.2) is 24.3 Å². The highest BCUT2D eigenvalue weighted by Crippen LogP contribution is 2.20. The zero-order valence-electron chi connectivity index (χ0n) is 17.5. The average molecular weight is 434 g/mol. The Morgan fingerprint density at radius 3 is 2.52 bits per heavy atom. The molecule has 0 bridgehead atoms. The highest BCUT2D eigenvalue weighted by Gasteiger charge is 2.35. The number of benzene rings is 1. The van der Waals surface area contributed by atoms with Gasteiger partial charge in [0.05, 0.1) is 13.0 Å². The summed E-state index contributed by atoms with van der Waals surface area (Å²) >= 11 is 0. The van der Waals surface area contributed by atoms with Crippen LogP contribution in [-0.2, 0) is 25.6 Å². The average Bonchev–Trinajstić information content (AvgIpc) is 3.23. The van der Waals surface area contributed by atoms with Gasteiger partial charge in [0.1, 0.15) is 17.8 Å². The first-order valence-corrected chi connectivity index (χ1v) is 10.5. The van der Waals surface area contributed by atoms with E-state index in [2.05, 4.69) is 10.6 Å². The van der Waals surface area contributed by atoms with E-state index in [9.17, 15) is 24.3 Å². The van der Waals surface area contributed by atoms with Gasteiger partial charge < -0.3 is 32.1 Å². The minimum Gasteiger partial charge on any atom is -0.508 e. The molecule has 10 nitrogen and oxygen atoms in total. The summed E-state index contributed by atoms with van der Waals surface area (Å²) in [6.45, 7) is 0.606. The van der Waals surface area contributed by atoms with Crippen molar-refractivity contribution in [2.45, 2.75) is 50.6 Å². The van der Waals surface area contributed by atoms with E-state index in [1.54, 1.807) is 12.1 Å². The summed E-state index contributed by atoms with van der Waals surface area (Å²) in [5.41, 5.74) is 11.3. The lowest BCUT2D eigenvalue weighted by atomic mass is 10.1. The van der Waals surface area contributed by atoms with E-state index in [0.29, 0.717) is 45.2 Å². The van der Waals surface area contributed by atoms with Crippen LogP contribution in [0.2, 0.25) is 0 Å². The number of phenolic OH excluding ortho intramolecular Hbond substituents is 1. The van der Waals surface area contributed by atoms with Gasteiger partial charge in [-0.25, -0.2) is 0 Å². The Bertz CT molecular complexity index is 783. The Labute approximate surface area is 181 Å². The largest absolute Gasteiger partial charge is 0.508 e. The molecule has 1 aliphatic heterocycles. The van der Waals surface area contributed by atoms with Gasteiger partial charge in [-0.2, -0.15) is 0 Å². The van der Waals surface area contributed by atoms with Crippen molar-refractivity contribution < 1.29 is 24.3 Å². The minimum absolute atomic E-state index is 0.114. The molecule has 0 unspecified atom stereocenters. The number of hydrogen-bond donors (Lipinski definition) is 5. The second kappa shape index (κ2) is 11.9. The van der Waals surface area contributed by atoms with Crippen molar-refractivity contribution in [3.63, 3.8) is 0 Å². The van der Waals surface area contributed by atoms with Crippen molar-refractivity contribution in [3.8, 4) is 5.75 Å². The number of likely N-dealkylation sites (tertiary alicyclic amines) is 1. The summed E-state index contributed by atoms with van der Waals surface area (Å²) in [5, 5.41) is 14.5. The van der Waals surface area contributed by atoms with Crippen LogP contribution in [0.25, 0.3) is 0 Å². The van der Waals surface area contributed by atoms with Crippen LogP contribution in [0.3, 0.4) is 0 Å². The summed E-state index contributed by atoms with van der Waals surface area (Å²) < 4.78 is 0. The van der Waals surface area contributed by atoms with E-state index in [4.69, 9.17) is 11.5 Å². The van der Waals surface area contributed by atoms with Gasteiger partial charge in [0.15, 0.2) is 0 Å². The maximum absolute atomic E-state index is 12.9. The number of carbonyl (C=O) groups is 4. The van der Waals surface area contributed by atoms with Gasteiger partial charge in [0.25, 0.3) is 0 Å². The lowest BCUT2D eigenvalue weighted by Crippen LogP contribution is -2.54. The lowest BCUT2D eigenvalue weighted by molar-refractivity contribution is -0.139. The first kappa shape index (κ1) is 24.1. The summed E-state index contributed by atoms with van der Waals surface area (Å²) in [5.74, 6) is -1.65. The van der Waals surface area contributed by atoms with E-state index in [-0.39, 0.29) is 24.6 Å². The van der Waals surface area contributed by atoms with Crippen LogP contribution < -0.4 is 22.1 Å². The zero-order valence-corrected chi connectivity index (χ0v) is 17.5. The number of aromatic hydroxyl groups is 1. The Kier molecular flexibility index (Phi) is 9.26. The fraction of sp³-hybridized carbons (Fsp3) is 0.524.